The summed E-state index contributed by atoms with van der Waals surface area (Å²) in [7, 11) is 0. The van der Waals surface area contributed by atoms with E-state index in [-0.39, 0.29) is 12.1 Å². The number of benzene rings is 1. The molecule has 1 saturated heterocycles. The highest BCUT2D eigenvalue weighted by Crippen LogP contribution is 2.26. The lowest BCUT2D eigenvalue weighted by molar-refractivity contribution is 0.0923. The molecule has 78 valence electrons. The Hall–Kier alpha value is -1.55. The number of carbonyl (C=O) groups excluding carboxylic acids is 1. The van der Waals surface area contributed by atoms with E-state index in [1.165, 1.54) is 0 Å². The molecule has 2 N–H and O–H groups in total. The van der Waals surface area contributed by atoms with Gasteiger partial charge in [0.1, 0.15) is 6.17 Å². The first-order valence-corrected chi connectivity index (χ1v) is 5.23. The molecule has 0 unspecified atom stereocenters. The van der Waals surface area contributed by atoms with Crippen molar-refractivity contribution < 1.29 is 4.79 Å². The molecule has 1 aromatic rings. The van der Waals surface area contributed by atoms with Crippen molar-refractivity contribution in [3.8, 4) is 0 Å². The molecule has 4 nitrogen and oxygen atoms in total. The lowest BCUT2D eigenvalue weighted by Crippen LogP contribution is -2.62. The molecule has 15 heavy (non-hydrogen) atoms. The van der Waals surface area contributed by atoms with Gasteiger partial charge in [-0.3, -0.25) is 4.79 Å². The van der Waals surface area contributed by atoms with Crippen molar-refractivity contribution in [2.45, 2.75) is 6.17 Å². The van der Waals surface area contributed by atoms with E-state index >= 15 is 0 Å². The summed E-state index contributed by atoms with van der Waals surface area (Å²) in [5.74, 6) is 0.0375. The third-order valence-corrected chi connectivity index (χ3v) is 3.00. The van der Waals surface area contributed by atoms with Crippen LogP contribution in [0, 0.1) is 0 Å². The fourth-order valence-electron chi connectivity index (χ4n) is 2.27. The van der Waals surface area contributed by atoms with Gasteiger partial charge in [-0.1, -0.05) is 12.1 Å². The zero-order chi connectivity index (χ0) is 10.3. The molecule has 1 aromatic carbocycles. The van der Waals surface area contributed by atoms with Crippen LogP contribution in [0.15, 0.2) is 24.3 Å². The van der Waals surface area contributed by atoms with Gasteiger partial charge in [-0.05, 0) is 12.1 Å². The number of nitrogens with one attached hydrogen (secondary N) is 2. The van der Waals surface area contributed by atoms with E-state index in [2.05, 4.69) is 15.5 Å². The summed E-state index contributed by atoms with van der Waals surface area (Å²) >= 11 is 0. The number of rotatable bonds is 0. The van der Waals surface area contributed by atoms with E-state index in [4.69, 9.17) is 0 Å². The average molecular weight is 203 g/mol. The summed E-state index contributed by atoms with van der Waals surface area (Å²) in [6.07, 6.45) is 0.112. The largest absolute Gasteiger partial charge is 0.348 e. The quantitative estimate of drug-likeness (QED) is 0.631. The monoisotopic (exact) mass is 203 g/mol. The zero-order valence-corrected chi connectivity index (χ0v) is 8.36. The Balaban J connectivity index is 2.07. The molecule has 0 radical (unpaired) electrons. The third-order valence-electron chi connectivity index (χ3n) is 3.00. The Bertz CT molecular complexity index is 405. The number of amides is 1. The summed E-state index contributed by atoms with van der Waals surface area (Å²) < 4.78 is 0. The van der Waals surface area contributed by atoms with Gasteiger partial charge in [-0.15, -0.1) is 0 Å². The number of carbonyl (C=O) groups is 1. The fraction of sp³-hybridized carbons (Fsp3) is 0.364. The Morgan fingerprint density at radius 1 is 1.33 bits per heavy atom. The minimum Gasteiger partial charge on any atom is -0.348 e. The van der Waals surface area contributed by atoms with Crippen molar-refractivity contribution in [1.29, 1.82) is 0 Å². The van der Waals surface area contributed by atoms with Gasteiger partial charge in [0.25, 0.3) is 5.91 Å². The van der Waals surface area contributed by atoms with Crippen molar-refractivity contribution in [1.82, 2.24) is 10.6 Å². The summed E-state index contributed by atoms with van der Waals surface area (Å²) in [4.78, 5) is 14.0. The maximum atomic E-state index is 11.8. The van der Waals surface area contributed by atoms with Crippen molar-refractivity contribution in [2.24, 2.45) is 0 Å². The van der Waals surface area contributed by atoms with E-state index in [0.29, 0.717) is 0 Å². The molecule has 2 heterocycles. The maximum absolute atomic E-state index is 11.8. The molecular weight excluding hydrogens is 190 g/mol. The highest BCUT2D eigenvalue weighted by Gasteiger charge is 2.31. The third kappa shape index (κ3) is 1.29. The maximum Gasteiger partial charge on any atom is 0.255 e. The van der Waals surface area contributed by atoms with Crippen LogP contribution in [-0.2, 0) is 0 Å². The molecule has 1 amide bonds. The van der Waals surface area contributed by atoms with Crippen molar-refractivity contribution in [2.75, 3.05) is 24.5 Å². The van der Waals surface area contributed by atoms with Crippen LogP contribution in [0.1, 0.15) is 10.4 Å². The Morgan fingerprint density at radius 2 is 2.20 bits per heavy atom. The molecule has 0 aliphatic carbocycles. The van der Waals surface area contributed by atoms with E-state index in [1.54, 1.807) is 0 Å². The lowest BCUT2D eigenvalue weighted by Gasteiger charge is -2.42. The molecule has 1 fully saturated rings. The van der Waals surface area contributed by atoms with Gasteiger partial charge in [0.05, 0.1) is 11.3 Å². The number of piperazine rings is 1. The van der Waals surface area contributed by atoms with Crippen molar-refractivity contribution in [3.63, 3.8) is 0 Å². The van der Waals surface area contributed by atoms with E-state index < -0.39 is 0 Å². The van der Waals surface area contributed by atoms with Gasteiger partial charge in [-0.2, -0.15) is 0 Å². The predicted molar refractivity (Wildman–Crippen MR) is 57.9 cm³/mol. The minimum absolute atomic E-state index is 0.0375. The first-order chi connectivity index (χ1) is 7.36. The first kappa shape index (κ1) is 8.73. The number of para-hydroxylation sites is 1. The highest BCUT2D eigenvalue weighted by molar-refractivity contribution is 6.02. The number of anilines is 1. The van der Waals surface area contributed by atoms with Gasteiger partial charge < -0.3 is 15.5 Å². The molecule has 0 spiro atoms. The summed E-state index contributed by atoms with van der Waals surface area (Å²) in [6, 6.07) is 7.78. The number of hydrogen-bond donors (Lipinski definition) is 2. The van der Waals surface area contributed by atoms with Crippen LogP contribution in [0.25, 0.3) is 0 Å². The van der Waals surface area contributed by atoms with Crippen molar-refractivity contribution in [3.05, 3.63) is 29.8 Å². The second kappa shape index (κ2) is 3.24. The Morgan fingerprint density at radius 3 is 3.13 bits per heavy atom. The second-order valence-corrected chi connectivity index (χ2v) is 3.90. The van der Waals surface area contributed by atoms with Gasteiger partial charge in [0, 0.05) is 19.6 Å². The molecule has 2 aliphatic heterocycles. The van der Waals surface area contributed by atoms with E-state index in [1.807, 2.05) is 24.3 Å². The predicted octanol–water partition coefficient (Wildman–Crippen LogP) is 0.166. The fourth-order valence-corrected chi connectivity index (χ4v) is 2.27. The van der Waals surface area contributed by atoms with Crippen LogP contribution < -0.4 is 15.5 Å². The smallest absolute Gasteiger partial charge is 0.255 e. The number of hydrogen-bond acceptors (Lipinski definition) is 3. The van der Waals surface area contributed by atoms with Crippen LogP contribution in [0.3, 0.4) is 0 Å². The van der Waals surface area contributed by atoms with Crippen LogP contribution >= 0.6 is 0 Å². The molecule has 0 aromatic heterocycles. The SMILES string of the molecule is O=C1N[C@H]2CNCCN2c2ccccc21. The second-order valence-electron chi connectivity index (χ2n) is 3.90. The molecule has 2 aliphatic rings. The normalized spacial score (nSPS) is 24.1. The van der Waals surface area contributed by atoms with Gasteiger partial charge >= 0.3 is 0 Å². The highest BCUT2D eigenvalue weighted by atomic mass is 16.2. The van der Waals surface area contributed by atoms with Gasteiger partial charge in [-0.25, -0.2) is 0 Å². The summed E-state index contributed by atoms with van der Waals surface area (Å²) in [5, 5.41) is 6.28. The Kier molecular flexibility index (Phi) is 1.89. The first-order valence-electron chi connectivity index (χ1n) is 5.23. The molecular formula is C11H13N3O. The number of nitrogens with zero attached hydrogens (tertiary/aromatic N) is 1. The summed E-state index contributed by atoms with van der Waals surface area (Å²) in [5.41, 5.74) is 1.85. The van der Waals surface area contributed by atoms with Crippen LogP contribution in [0.4, 0.5) is 5.69 Å². The standard InChI is InChI=1S/C11H13N3O/c15-11-8-3-1-2-4-9(8)14-6-5-12-7-10(14)13-11/h1-4,10,12H,5-7H2,(H,13,15)/t10-/m1/s1. The van der Waals surface area contributed by atoms with E-state index in [9.17, 15) is 4.79 Å². The van der Waals surface area contributed by atoms with Crippen LogP contribution in [0.5, 0.6) is 0 Å². The van der Waals surface area contributed by atoms with E-state index in [0.717, 1.165) is 30.9 Å². The molecule has 4 heteroatoms. The minimum atomic E-state index is 0.0375. The topological polar surface area (TPSA) is 44.4 Å². The van der Waals surface area contributed by atoms with Crippen LogP contribution in [-0.4, -0.2) is 31.7 Å². The van der Waals surface area contributed by atoms with Gasteiger partial charge in [0.15, 0.2) is 0 Å². The molecule has 0 saturated carbocycles. The van der Waals surface area contributed by atoms with Crippen molar-refractivity contribution >= 4 is 11.6 Å². The van der Waals surface area contributed by atoms with Gasteiger partial charge in [0.2, 0.25) is 0 Å². The molecule has 1 atom stereocenters. The summed E-state index contributed by atoms with van der Waals surface area (Å²) in [6.45, 7) is 2.74. The Labute approximate surface area is 88.3 Å². The zero-order valence-electron chi connectivity index (χ0n) is 8.36. The molecule has 3 rings (SSSR count). The van der Waals surface area contributed by atoms with Crippen LogP contribution in [0.2, 0.25) is 0 Å². The molecule has 0 bridgehead atoms. The number of fused-ring (bicyclic) bond motifs is 3. The lowest BCUT2D eigenvalue weighted by atomic mass is 10.1. The average Bonchev–Trinajstić information content (AvgIpc) is 2.30.